The Bertz CT molecular complexity index is 457. The average Bonchev–Trinajstić information content (AvgIpc) is 2.69. The summed E-state index contributed by atoms with van der Waals surface area (Å²) < 4.78 is 13.0. The Morgan fingerprint density at radius 2 is 2.28 bits per heavy atom. The number of benzene rings is 1. The van der Waals surface area contributed by atoms with E-state index in [-0.39, 0.29) is 5.82 Å². The van der Waals surface area contributed by atoms with Gasteiger partial charge in [0, 0.05) is 11.4 Å². The summed E-state index contributed by atoms with van der Waals surface area (Å²) in [6.45, 7) is 6.34. The molecule has 2 rings (SSSR count). The van der Waals surface area contributed by atoms with Gasteiger partial charge < -0.3 is 5.32 Å². The highest BCUT2D eigenvalue weighted by Gasteiger charge is 2.19. The van der Waals surface area contributed by atoms with Gasteiger partial charge in [0.1, 0.15) is 5.82 Å². The number of aryl methyl sites for hydroxylation is 1. The van der Waals surface area contributed by atoms with Gasteiger partial charge in [-0.2, -0.15) is 0 Å². The fourth-order valence-corrected chi connectivity index (χ4v) is 3.00. The van der Waals surface area contributed by atoms with Crippen LogP contribution in [0.4, 0.5) is 10.1 Å². The van der Waals surface area contributed by atoms with Crippen molar-refractivity contribution >= 4 is 22.6 Å². The van der Waals surface area contributed by atoms with Crippen LogP contribution in [0.25, 0.3) is 0 Å². The van der Waals surface area contributed by atoms with E-state index in [1.54, 1.807) is 17.8 Å². The van der Waals surface area contributed by atoms with Gasteiger partial charge in [0.05, 0.1) is 6.04 Å². The summed E-state index contributed by atoms with van der Waals surface area (Å²) in [6, 6.07) is 5.19. The van der Waals surface area contributed by atoms with E-state index in [4.69, 9.17) is 0 Å². The van der Waals surface area contributed by atoms with E-state index in [9.17, 15) is 4.39 Å². The monoisotopic (exact) mass is 266 g/mol. The van der Waals surface area contributed by atoms with Crippen LogP contribution in [0.3, 0.4) is 0 Å². The summed E-state index contributed by atoms with van der Waals surface area (Å²) in [5.74, 6) is 1.52. The molecule has 0 amide bonds. The van der Waals surface area contributed by atoms with Crippen molar-refractivity contribution in [3.63, 3.8) is 0 Å². The summed E-state index contributed by atoms with van der Waals surface area (Å²) in [5.41, 5.74) is 1.85. The standard InChI is InChI=1S/C14H19FN2S/c1-9(2)6-12-8-18-14(16-12)17-13-5-4-11(15)7-10(13)3/h4-5,7,9,12H,6,8H2,1-3H3,(H,16,17)/t12-/m0/s1. The zero-order valence-corrected chi connectivity index (χ0v) is 11.9. The molecule has 0 aromatic heterocycles. The lowest BCUT2D eigenvalue weighted by molar-refractivity contribution is 0.529. The molecule has 0 spiro atoms. The van der Waals surface area contributed by atoms with E-state index in [2.05, 4.69) is 24.2 Å². The van der Waals surface area contributed by atoms with Crippen molar-refractivity contribution in [2.24, 2.45) is 10.9 Å². The Balaban J connectivity index is 2.02. The number of aliphatic imine (C=N–C) groups is 1. The summed E-state index contributed by atoms with van der Waals surface area (Å²) in [4.78, 5) is 4.66. The second-order valence-corrected chi connectivity index (χ2v) is 6.12. The Morgan fingerprint density at radius 3 is 2.94 bits per heavy atom. The van der Waals surface area contributed by atoms with E-state index < -0.39 is 0 Å². The van der Waals surface area contributed by atoms with Crippen molar-refractivity contribution in [3.8, 4) is 0 Å². The van der Waals surface area contributed by atoms with Crippen LogP contribution in [0.15, 0.2) is 23.2 Å². The van der Waals surface area contributed by atoms with Gasteiger partial charge in [-0.3, -0.25) is 4.99 Å². The van der Waals surface area contributed by atoms with Crippen LogP contribution < -0.4 is 5.32 Å². The van der Waals surface area contributed by atoms with Gasteiger partial charge in [0.2, 0.25) is 0 Å². The number of halogens is 1. The van der Waals surface area contributed by atoms with Crippen LogP contribution in [0, 0.1) is 18.7 Å². The lowest BCUT2D eigenvalue weighted by Crippen LogP contribution is -2.08. The first-order chi connectivity index (χ1) is 8.54. The quantitative estimate of drug-likeness (QED) is 0.892. The predicted octanol–water partition coefficient (Wildman–Crippen LogP) is 4.06. The van der Waals surface area contributed by atoms with Crippen LogP contribution in [0.5, 0.6) is 0 Å². The fourth-order valence-electron chi connectivity index (χ4n) is 2.03. The molecule has 1 aliphatic heterocycles. The number of thioether (sulfide) groups is 1. The Labute approximate surface area is 112 Å². The zero-order chi connectivity index (χ0) is 13.1. The number of amidine groups is 1. The van der Waals surface area contributed by atoms with Crippen molar-refractivity contribution in [2.45, 2.75) is 33.2 Å². The molecule has 18 heavy (non-hydrogen) atoms. The number of nitrogens with zero attached hydrogens (tertiary/aromatic N) is 1. The van der Waals surface area contributed by atoms with Crippen LogP contribution in [0.1, 0.15) is 25.8 Å². The molecular weight excluding hydrogens is 247 g/mol. The third-order valence-corrected chi connectivity index (χ3v) is 3.92. The maximum atomic E-state index is 13.0. The third kappa shape index (κ3) is 3.48. The number of hydrogen-bond acceptors (Lipinski definition) is 3. The summed E-state index contributed by atoms with van der Waals surface area (Å²) >= 11 is 1.75. The van der Waals surface area contributed by atoms with Crippen molar-refractivity contribution in [2.75, 3.05) is 11.1 Å². The first-order valence-electron chi connectivity index (χ1n) is 6.28. The smallest absolute Gasteiger partial charge is 0.161 e. The first-order valence-corrected chi connectivity index (χ1v) is 7.27. The Kier molecular flexibility index (Phi) is 4.27. The molecule has 0 bridgehead atoms. The van der Waals surface area contributed by atoms with Crippen molar-refractivity contribution in [3.05, 3.63) is 29.6 Å². The molecule has 1 atom stereocenters. The Morgan fingerprint density at radius 1 is 1.50 bits per heavy atom. The minimum Gasteiger partial charge on any atom is -0.335 e. The van der Waals surface area contributed by atoms with Gasteiger partial charge in [0.15, 0.2) is 5.17 Å². The van der Waals surface area contributed by atoms with E-state index in [0.717, 1.165) is 28.6 Å². The van der Waals surface area contributed by atoms with Gasteiger partial charge in [0.25, 0.3) is 0 Å². The molecule has 1 aliphatic rings. The number of nitrogens with one attached hydrogen (secondary N) is 1. The maximum absolute atomic E-state index is 13.0. The minimum atomic E-state index is -0.197. The summed E-state index contributed by atoms with van der Waals surface area (Å²) in [7, 11) is 0. The summed E-state index contributed by atoms with van der Waals surface area (Å²) in [5, 5.41) is 4.24. The molecule has 1 N–H and O–H groups in total. The zero-order valence-electron chi connectivity index (χ0n) is 11.0. The van der Waals surface area contributed by atoms with Crippen LogP contribution in [-0.2, 0) is 0 Å². The van der Waals surface area contributed by atoms with Gasteiger partial charge in [-0.25, -0.2) is 4.39 Å². The van der Waals surface area contributed by atoms with Crippen molar-refractivity contribution in [1.29, 1.82) is 0 Å². The molecular formula is C14H19FN2S. The Hall–Kier alpha value is -1.03. The van der Waals surface area contributed by atoms with Gasteiger partial charge >= 0.3 is 0 Å². The normalized spacial score (nSPS) is 19.2. The molecule has 0 radical (unpaired) electrons. The number of anilines is 1. The molecule has 0 aliphatic carbocycles. The first kappa shape index (κ1) is 13.4. The topological polar surface area (TPSA) is 24.4 Å². The van der Waals surface area contributed by atoms with E-state index >= 15 is 0 Å². The lowest BCUT2D eigenvalue weighted by Gasteiger charge is -2.08. The maximum Gasteiger partial charge on any atom is 0.161 e. The van der Waals surface area contributed by atoms with Gasteiger partial charge in [-0.15, -0.1) is 0 Å². The molecule has 1 aromatic carbocycles. The van der Waals surface area contributed by atoms with Crippen LogP contribution in [-0.4, -0.2) is 17.0 Å². The molecule has 1 aromatic rings. The van der Waals surface area contributed by atoms with Crippen LogP contribution in [0.2, 0.25) is 0 Å². The van der Waals surface area contributed by atoms with Gasteiger partial charge in [-0.05, 0) is 43.0 Å². The highest BCUT2D eigenvalue weighted by Crippen LogP contribution is 2.25. The summed E-state index contributed by atoms with van der Waals surface area (Å²) in [6.07, 6.45) is 1.13. The molecule has 2 nitrogen and oxygen atoms in total. The molecule has 0 saturated heterocycles. The fraction of sp³-hybridized carbons (Fsp3) is 0.500. The average molecular weight is 266 g/mol. The van der Waals surface area contributed by atoms with E-state index in [1.807, 2.05) is 6.92 Å². The molecule has 0 unspecified atom stereocenters. The highest BCUT2D eigenvalue weighted by molar-refractivity contribution is 8.14. The van der Waals surface area contributed by atoms with Crippen LogP contribution >= 0.6 is 11.8 Å². The van der Waals surface area contributed by atoms with E-state index in [0.29, 0.717) is 12.0 Å². The lowest BCUT2D eigenvalue weighted by atomic mass is 10.1. The van der Waals surface area contributed by atoms with Crippen molar-refractivity contribution in [1.82, 2.24) is 0 Å². The number of rotatable bonds is 3. The van der Waals surface area contributed by atoms with Crippen molar-refractivity contribution < 1.29 is 4.39 Å². The molecule has 4 heteroatoms. The predicted molar refractivity (Wildman–Crippen MR) is 77.9 cm³/mol. The van der Waals surface area contributed by atoms with Gasteiger partial charge in [-0.1, -0.05) is 25.6 Å². The SMILES string of the molecule is Cc1cc(F)ccc1NC1=N[C@@H](CC(C)C)CS1. The largest absolute Gasteiger partial charge is 0.335 e. The molecule has 0 fully saturated rings. The second-order valence-electron chi connectivity index (χ2n) is 5.11. The molecule has 1 heterocycles. The number of hydrogen-bond donors (Lipinski definition) is 1. The molecule has 0 saturated carbocycles. The highest BCUT2D eigenvalue weighted by atomic mass is 32.2. The second kappa shape index (κ2) is 5.74. The van der Waals surface area contributed by atoms with E-state index in [1.165, 1.54) is 12.1 Å². The molecule has 98 valence electrons. The minimum absolute atomic E-state index is 0.197. The third-order valence-electron chi connectivity index (χ3n) is 2.89.